The van der Waals surface area contributed by atoms with Crippen LogP contribution in [0.2, 0.25) is 0 Å². The molecule has 1 amide bonds. The summed E-state index contributed by atoms with van der Waals surface area (Å²) in [6.07, 6.45) is 2.32. The fourth-order valence-corrected chi connectivity index (χ4v) is 3.50. The molecule has 18 heavy (non-hydrogen) atoms. The number of likely N-dealkylation sites (tertiary alicyclic amines) is 1. The predicted octanol–water partition coefficient (Wildman–Crippen LogP) is 2.33. The van der Waals surface area contributed by atoms with E-state index in [1.807, 2.05) is 17.2 Å². The Kier molecular flexibility index (Phi) is 4.40. The summed E-state index contributed by atoms with van der Waals surface area (Å²) in [6.45, 7) is 4.31. The van der Waals surface area contributed by atoms with Crippen LogP contribution in [0, 0.1) is 5.92 Å². The Bertz CT molecular complexity index is 433. The van der Waals surface area contributed by atoms with Crippen molar-refractivity contribution in [2.45, 2.75) is 26.3 Å². The molecule has 0 radical (unpaired) electrons. The Labute approximate surface area is 115 Å². The molecule has 1 aromatic heterocycles. The summed E-state index contributed by atoms with van der Waals surface area (Å²) in [7, 11) is 0. The zero-order valence-corrected chi connectivity index (χ0v) is 12.1. The zero-order valence-electron chi connectivity index (χ0n) is 10.5. The van der Waals surface area contributed by atoms with E-state index in [2.05, 4.69) is 4.98 Å². The molecule has 0 saturated carbocycles. The van der Waals surface area contributed by atoms with Gasteiger partial charge in [0.1, 0.15) is 5.01 Å². The van der Waals surface area contributed by atoms with Gasteiger partial charge in [0, 0.05) is 37.2 Å². The van der Waals surface area contributed by atoms with Gasteiger partial charge in [0.15, 0.2) is 5.12 Å². The summed E-state index contributed by atoms with van der Waals surface area (Å²) in [4.78, 5) is 29.1. The van der Waals surface area contributed by atoms with Crippen LogP contribution in [0.4, 0.5) is 0 Å². The second kappa shape index (κ2) is 5.84. The van der Waals surface area contributed by atoms with Gasteiger partial charge in [-0.2, -0.15) is 0 Å². The Morgan fingerprint density at radius 2 is 2.50 bits per heavy atom. The summed E-state index contributed by atoms with van der Waals surface area (Å²) in [6, 6.07) is 0.0461. The second-order valence-corrected chi connectivity index (χ2v) is 6.59. The van der Waals surface area contributed by atoms with Gasteiger partial charge in [-0.1, -0.05) is 11.8 Å². The topological polar surface area (TPSA) is 50.3 Å². The number of nitrogens with zero attached hydrogens (tertiary/aromatic N) is 2. The third kappa shape index (κ3) is 3.11. The van der Waals surface area contributed by atoms with Gasteiger partial charge in [0.05, 0.1) is 6.04 Å². The average Bonchev–Trinajstić information content (AvgIpc) is 2.94. The van der Waals surface area contributed by atoms with E-state index in [0.717, 1.165) is 17.3 Å². The number of thioether (sulfide) groups is 1. The standard InChI is InChI=1S/C12H16N2O2S2/c1-8(12-13-3-4-17-12)14-6-10(5-11(14)16)7-18-9(2)15/h3-4,8,10H,5-7H2,1-2H3. The average molecular weight is 284 g/mol. The first kappa shape index (κ1) is 13.5. The number of amides is 1. The Morgan fingerprint density at radius 3 is 3.11 bits per heavy atom. The maximum atomic E-state index is 12.0. The van der Waals surface area contributed by atoms with Crippen LogP contribution in [0.5, 0.6) is 0 Å². The lowest BCUT2D eigenvalue weighted by Crippen LogP contribution is -2.28. The molecule has 2 atom stereocenters. The molecule has 1 aromatic rings. The molecular formula is C12H16N2O2S2. The fourth-order valence-electron chi connectivity index (χ4n) is 2.10. The van der Waals surface area contributed by atoms with Crippen molar-refractivity contribution < 1.29 is 9.59 Å². The molecule has 0 N–H and O–H groups in total. The zero-order chi connectivity index (χ0) is 13.1. The van der Waals surface area contributed by atoms with Gasteiger partial charge in [-0.15, -0.1) is 11.3 Å². The molecule has 2 heterocycles. The van der Waals surface area contributed by atoms with E-state index in [1.165, 1.54) is 11.8 Å². The van der Waals surface area contributed by atoms with E-state index in [9.17, 15) is 9.59 Å². The lowest BCUT2D eigenvalue weighted by molar-refractivity contribution is -0.129. The van der Waals surface area contributed by atoms with Crippen molar-refractivity contribution in [2.75, 3.05) is 12.3 Å². The molecule has 6 heteroatoms. The molecule has 2 unspecified atom stereocenters. The quantitative estimate of drug-likeness (QED) is 0.851. The van der Waals surface area contributed by atoms with Crippen LogP contribution in [0.1, 0.15) is 31.3 Å². The Hall–Kier alpha value is -0.880. The number of hydrogen-bond acceptors (Lipinski definition) is 5. The van der Waals surface area contributed by atoms with Crippen molar-refractivity contribution in [3.63, 3.8) is 0 Å². The van der Waals surface area contributed by atoms with E-state index >= 15 is 0 Å². The van der Waals surface area contributed by atoms with Crippen molar-refractivity contribution in [2.24, 2.45) is 5.92 Å². The third-order valence-electron chi connectivity index (χ3n) is 3.04. The maximum Gasteiger partial charge on any atom is 0.223 e. The SMILES string of the molecule is CC(=O)SCC1CC(=O)N(C(C)c2nccs2)C1. The van der Waals surface area contributed by atoms with E-state index in [-0.39, 0.29) is 23.0 Å². The molecule has 0 aromatic carbocycles. The first-order chi connectivity index (χ1) is 8.58. The molecule has 0 bridgehead atoms. The van der Waals surface area contributed by atoms with E-state index in [4.69, 9.17) is 0 Å². The number of rotatable bonds is 4. The monoisotopic (exact) mass is 284 g/mol. The summed E-state index contributed by atoms with van der Waals surface area (Å²) < 4.78 is 0. The van der Waals surface area contributed by atoms with Crippen LogP contribution in [-0.2, 0) is 9.59 Å². The number of hydrogen-bond donors (Lipinski definition) is 0. The number of aromatic nitrogens is 1. The maximum absolute atomic E-state index is 12.0. The molecule has 0 spiro atoms. The molecule has 1 aliphatic rings. The molecule has 98 valence electrons. The van der Waals surface area contributed by atoms with Gasteiger partial charge < -0.3 is 4.90 Å². The molecular weight excluding hydrogens is 268 g/mol. The largest absolute Gasteiger partial charge is 0.333 e. The Morgan fingerprint density at radius 1 is 1.72 bits per heavy atom. The number of carbonyl (C=O) groups excluding carboxylic acids is 2. The number of carbonyl (C=O) groups is 2. The van der Waals surface area contributed by atoms with Gasteiger partial charge >= 0.3 is 0 Å². The number of thiazole rings is 1. The van der Waals surface area contributed by atoms with E-state index < -0.39 is 0 Å². The first-order valence-corrected chi connectivity index (χ1v) is 7.76. The summed E-state index contributed by atoms with van der Waals surface area (Å²) in [5, 5.41) is 3.02. The van der Waals surface area contributed by atoms with Crippen LogP contribution >= 0.6 is 23.1 Å². The Balaban J connectivity index is 1.95. The fraction of sp³-hybridized carbons (Fsp3) is 0.583. The van der Waals surface area contributed by atoms with Gasteiger partial charge in [-0.25, -0.2) is 4.98 Å². The summed E-state index contributed by atoms with van der Waals surface area (Å²) in [5.74, 6) is 1.20. The van der Waals surface area contributed by atoms with Crippen molar-refractivity contribution in [3.05, 3.63) is 16.6 Å². The van der Waals surface area contributed by atoms with Crippen LogP contribution in [-0.4, -0.2) is 33.2 Å². The van der Waals surface area contributed by atoms with E-state index in [0.29, 0.717) is 6.42 Å². The van der Waals surface area contributed by atoms with E-state index in [1.54, 1.807) is 24.5 Å². The minimum atomic E-state index is 0.0461. The smallest absolute Gasteiger partial charge is 0.223 e. The lowest BCUT2D eigenvalue weighted by Gasteiger charge is -2.22. The van der Waals surface area contributed by atoms with Crippen LogP contribution in [0.15, 0.2) is 11.6 Å². The third-order valence-corrected chi connectivity index (χ3v) is 5.03. The molecule has 1 fully saturated rings. The highest BCUT2D eigenvalue weighted by Gasteiger charge is 2.33. The van der Waals surface area contributed by atoms with Crippen molar-refractivity contribution in [3.8, 4) is 0 Å². The molecule has 0 aliphatic carbocycles. The van der Waals surface area contributed by atoms with Crippen LogP contribution in [0.25, 0.3) is 0 Å². The molecule has 1 aliphatic heterocycles. The first-order valence-electron chi connectivity index (χ1n) is 5.90. The minimum absolute atomic E-state index is 0.0461. The van der Waals surface area contributed by atoms with Crippen LogP contribution in [0.3, 0.4) is 0 Å². The van der Waals surface area contributed by atoms with Gasteiger partial charge in [-0.05, 0) is 12.8 Å². The minimum Gasteiger partial charge on any atom is -0.333 e. The van der Waals surface area contributed by atoms with Crippen LogP contribution < -0.4 is 0 Å². The van der Waals surface area contributed by atoms with Gasteiger partial charge in [-0.3, -0.25) is 9.59 Å². The highest BCUT2D eigenvalue weighted by molar-refractivity contribution is 8.13. The van der Waals surface area contributed by atoms with Gasteiger partial charge in [0.25, 0.3) is 0 Å². The molecule has 2 rings (SSSR count). The predicted molar refractivity (Wildman–Crippen MR) is 73.5 cm³/mol. The highest BCUT2D eigenvalue weighted by Crippen LogP contribution is 2.30. The lowest BCUT2D eigenvalue weighted by atomic mass is 10.1. The summed E-state index contributed by atoms with van der Waals surface area (Å²) in [5.41, 5.74) is 0. The van der Waals surface area contributed by atoms with Gasteiger partial charge in [0.2, 0.25) is 5.91 Å². The highest BCUT2D eigenvalue weighted by atomic mass is 32.2. The van der Waals surface area contributed by atoms with Crippen molar-refractivity contribution in [1.82, 2.24) is 9.88 Å². The summed E-state index contributed by atoms with van der Waals surface area (Å²) >= 11 is 2.89. The second-order valence-electron chi connectivity index (χ2n) is 4.47. The van der Waals surface area contributed by atoms with Crippen molar-refractivity contribution in [1.29, 1.82) is 0 Å². The molecule has 1 saturated heterocycles. The molecule has 4 nitrogen and oxygen atoms in total. The normalized spacial score (nSPS) is 21.3. The van der Waals surface area contributed by atoms with Crippen molar-refractivity contribution >= 4 is 34.1 Å².